The fourth-order valence-electron chi connectivity index (χ4n) is 1.81. The zero-order valence-corrected chi connectivity index (χ0v) is 14.6. The summed E-state index contributed by atoms with van der Waals surface area (Å²) in [5.41, 5.74) is 2.00. The van der Waals surface area contributed by atoms with E-state index in [0.717, 1.165) is 21.4 Å². The first-order chi connectivity index (χ1) is 10.6. The third-order valence-electron chi connectivity index (χ3n) is 3.00. The van der Waals surface area contributed by atoms with E-state index >= 15 is 0 Å². The van der Waals surface area contributed by atoms with Crippen LogP contribution in [0.5, 0.6) is 5.75 Å². The smallest absolute Gasteiger partial charge is 0.319 e. The largest absolute Gasteiger partial charge is 0.494 e. The van der Waals surface area contributed by atoms with Crippen LogP contribution in [-0.2, 0) is 0 Å². The predicted molar refractivity (Wildman–Crippen MR) is 97.5 cm³/mol. The number of aryl methyl sites for hydroxylation is 1. The van der Waals surface area contributed by atoms with E-state index < -0.39 is 0 Å². The van der Waals surface area contributed by atoms with Crippen molar-refractivity contribution in [3.63, 3.8) is 0 Å². The molecule has 4 nitrogen and oxygen atoms in total. The Kier molecular flexibility index (Phi) is 6.51. The number of hydrogen-bond donors (Lipinski definition) is 2. The van der Waals surface area contributed by atoms with Crippen LogP contribution in [0.15, 0.2) is 48.5 Å². The molecule has 22 heavy (non-hydrogen) atoms. The summed E-state index contributed by atoms with van der Waals surface area (Å²) in [5.74, 6) is 0.856. The lowest BCUT2D eigenvalue weighted by atomic mass is 10.2. The number of hydrogen-bond acceptors (Lipinski definition) is 2. The molecular weight excluding hydrogens is 391 g/mol. The van der Waals surface area contributed by atoms with Crippen molar-refractivity contribution in [2.75, 3.05) is 18.5 Å². The molecule has 0 spiro atoms. The monoisotopic (exact) mass is 410 g/mol. The first kappa shape index (κ1) is 16.6. The fraction of sp³-hybridized carbons (Fsp3) is 0.235. The molecule has 0 aliphatic rings. The number of rotatable bonds is 6. The van der Waals surface area contributed by atoms with Gasteiger partial charge in [0.15, 0.2) is 0 Å². The number of nitrogens with one attached hydrogen (secondary N) is 2. The minimum atomic E-state index is -0.198. The molecule has 0 bridgehead atoms. The van der Waals surface area contributed by atoms with Crippen molar-refractivity contribution in [3.05, 3.63) is 57.7 Å². The van der Waals surface area contributed by atoms with E-state index in [1.165, 1.54) is 5.56 Å². The van der Waals surface area contributed by atoms with Crippen LogP contribution in [0.2, 0.25) is 0 Å². The maximum Gasteiger partial charge on any atom is 0.319 e. The molecule has 0 atom stereocenters. The molecule has 0 unspecified atom stereocenters. The van der Waals surface area contributed by atoms with Crippen LogP contribution in [0.3, 0.4) is 0 Å². The topological polar surface area (TPSA) is 50.4 Å². The average molecular weight is 410 g/mol. The van der Waals surface area contributed by atoms with E-state index in [1.807, 2.05) is 55.5 Å². The molecule has 0 aliphatic carbocycles. The van der Waals surface area contributed by atoms with E-state index in [-0.39, 0.29) is 6.03 Å². The van der Waals surface area contributed by atoms with Crippen LogP contribution in [0, 0.1) is 10.5 Å². The Hall–Kier alpha value is -1.76. The Morgan fingerprint density at radius 1 is 1.09 bits per heavy atom. The SMILES string of the molecule is Cc1ccc(OCCCNC(=O)Nc2ccc(I)cc2)cc1. The molecule has 2 aromatic carbocycles. The summed E-state index contributed by atoms with van der Waals surface area (Å²) in [7, 11) is 0. The molecule has 116 valence electrons. The minimum Gasteiger partial charge on any atom is -0.494 e. The lowest BCUT2D eigenvalue weighted by molar-refractivity contribution is 0.250. The summed E-state index contributed by atoms with van der Waals surface area (Å²) < 4.78 is 6.74. The Morgan fingerprint density at radius 2 is 1.77 bits per heavy atom. The van der Waals surface area contributed by atoms with Crippen molar-refractivity contribution in [1.29, 1.82) is 0 Å². The van der Waals surface area contributed by atoms with E-state index in [4.69, 9.17) is 4.74 Å². The van der Waals surface area contributed by atoms with Crippen molar-refractivity contribution >= 4 is 34.3 Å². The Morgan fingerprint density at radius 3 is 2.45 bits per heavy atom. The lowest BCUT2D eigenvalue weighted by Crippen LogP contribution is -2.30. The van der Waals surface area contributed by atoms with Gasteiger partial charge in [0.1, 0.15) is 5.75 Å². The van der Waals surface area contributed by atoms with Gasteiger partial charge in [-0.1, -0.05) is 17.7 Å². The number of amides is 2. The van der Waals surface area contributed by atoms with Gasteiger partial charge in [-0.25, -0.2) is 4.79 Å². The van der Waals surface area contributed by atoms with Crippen molar-refractivity contribution < 1.29 is 9.53 Å². The van der Waals surface area contributed by atoms with E-state index in [0.29, 0.717) is 13.2 Å². The van der Waals surface area contributed by atoms with Crippen LogP contribution in [0.1, 0.15) is 12.0 Å². The molecule has 0 aliphatic heterocycles. The van der Waals surface area contributed by atoms with Gasteiger partial charge in [0.25, 0.3) is 0 Å². The summed E-state index contributed by atoms with van der Waals surface area (Å²) >= 11 is 2.23. The lowest BCUT2D eigenvalue weighted by Gasteiger charge is -2.09. The third-order valence-corrected chi connectivity index (χ3v) is 3.72. The van der Waals surface area contributed by atoms with E-state index in [1.54, 1.807) is 0 Å². The fourth-order valence-corrected chi connectivity index (χ4v) is 2.17. The molecule has 2 N–H and O–H groups in total. The minimum absolute atomic E-state index is 0.198. The maximum absolute atomic E-state index is 11.7. The van der Waals surface area contributed by atoms with Crippen LogP contribution in [0.25, 0.3) is 0 Å². The van der Waals surface area contributed by atoms with Gasteiger partial charge in [0.05, 0.1) is 6.61 Å². The van der Waals surface area contributed by atoms with Crippen molar-refractivity contribution in [1.82, 2.24) is 5.32 Å². The highest BCUT2D eigenvalue weighted by molar-refractivity contribution is 14.1. The van der Waals surface area contributed by atoms with Gasteiger partial charge in [-0.05, 0) is 72.3 Å². The number of benzene rings is 2. The summed E-state index contributed by atoms with van der Waals surface area (Å²) in [5, 5.41) is 5.60. The standard InChI is InChI=1S/C17H19IN2O2/c1-13-3-9-16(10-4-13)22-12-2-11-19-17(21)20-15-7-5-14(18)6-8-15/h3-10H,2,11-12H2,1H3,(H2,19,20,21). The number of carbonyl (C=O) groups excluding carboxylic acids is 1. The molecule has 0 saturated carbocycles. The van der Waals surface area contributed by atoms with Crippen LogP contribution in [-0.4, -0.2) is 19.2 Å². The molecule has 2 rings (SSSR count). The van der Waals surface area contributed by atoms with Crippen LogP contribution < -0.4 is 15.4 Å². The third kappa shape index (κ3) is 5.93. The van der Waals surface area contributed by atoms with Crippen LogP contribution in [0.4, 0.5) is 10.5 Å². The molecule has 0 fully saturated rings. The van der Waals surface area contributed by atoms with Gasteiger partial charge in [0.2, 0.25) is 0 Å². The molecule has 0 radical (unpaired) electrons. The van der Waals surface area contributed by atoms with Crippen molar-refractivity contribution in [3.8, 4) is 5.75 Å². The molecule has 0 heterocycles. The van der Waals surface area contributed by atoms with Crippen molar-refractivity contribution in [2.24, 2.45) is 0 Å². The number of halogens is 1. The highest BCUT2D eigenvalue weighted by Gasteiger charge is 2.01. The highest BCUT2D eigenvalue weighted by atomic mass is 127. The Balaban J connectivity index is 1.61. The molecule has 0 aromatic heterocycles. The summed E-state index contributed by atoms with van der Waals surface area (Å²) in [6.45, 7) is 3.19. The summed E-state index contributed by atoms with van der Waals surface area (Å²) in [6, 6.07) is 15.4. The van der Waals surface area contributed by atoms with E-state index in [9.17, 15) is 4.79 Å². The zero-order valence-electron chi connectivity index (χ0n) is 12.4. The second-order valence-electron chi connectivity index (χ2n) is 4.90. The molecular formula is C17H19IN2O2. The van der Waals surface area contributed by atoms with Gasteiger partial charge in [-0.15, -0.1) is 0 Å². The van der Waals surface area contributed by atoms with Gasteiger partial charge < -0.3 is 15.4 Å². The number of ether oxygens (including phenoxy) is 1. The molecule has 2 amide bonds. The number of anilines is 1. The molecule has 0 saturated heterocycles. The van der Waals surface area contributed by atoms with Gasteiger partial charge in [-0.2, -0.15) is 0 Å². The van der Waals surface area contributed by atoms with Gasteiger partial charge in [-0.3, -0.25) is 0 Å². The first-order valence-electron chi connectivity index (χ1n) is 7.13. The quantitative estimate of drug-likeness (QED) is 0.554. The first-order valence-corrected chi connectivity index (χ1v) is 8.21. The maximum atomic E-state index is 11.7. The second kappa shape index (κ2) is 8.63. The molecule has 2 aromatic rings. The van der Waals surface area contributed by atoms with Gasteiger partial charge in [0, 0.05) is 15.8 Å². The van der Waals surface area contributed by atoms with Crippen molar-refractivity contribution in [2.45, 2.75) is 13.3 Å². The molecule has 5 heteroatoms. The highest BCUT2D eigenvalue weighted by Crippen LogP contribution is 2.12. The number of carbonyl (C=O) groups is 1. The van der Waals surface area contributed by atoms with Gasteiger partial charge >= 0.3 is 6.03 Å². The average Bonchev–Trinajstić information content (AvgIpc) is 2.51. The predicted octanol–water partition coefficient (Wildman–Crippen LogP) is 4.19. The van der Waals surface area contributed by atoms with Crippen LogP contribution >= 0.6 is 22.6 Å². The zero-order chi connectivity index (χ0) is 15.8. The second-order valence-corrected chi connectivity index (χ2v) is 6.15. The Labute approximate surface area is 144 Å². The Bertz CT molecular complexity index is 597. The number of urea groups is 1. The summed E-state index contributed by atoms with van der Waals surface area (Å²) in [4.78, 5) is 11.7. The van der Waals surface area contributed by atoms with E-state index in [2.05, 4.69) is 33.2 Å². The summed E-state index contributed by atoms with van der Waals surface area (Å²) in [6.07, 6.45) is 0.758. The normalized spacial score (nSPS) is 10.1.